The van der Waals surface area contributed by atoms with Crippen molar-refractivity contribution in [2.24, 2.45) is 0 Å². The van der Waals surface area contributed by atoms with E-state index in [1.807, 2.05) is 18.2 Å². The number of hydrogen-bond acceptors (Lipinski definition) is 2. The van der Waals surface area contributed by atoms with E-state index >= 15 is 0 Å². The van der Waals surface area contributed by atoms with Crippen molar-refractivity contribution in [3.8, 4) is 0 Å². The van der Waals surface area contributed by atoms with Gasteiger partial charge in [0.25, 0.3) is 5.91 Å². The number of unbranched alkanes of at least 4 members (excludes halogenated alkanes) is 1. The lowest BCUT2D eigenvalue weighted by molar-refractivity contribution is -0.119. The van der Waals surface area contributed by atoms with Crippen molar-refractivity contribution >= 4 is 11.7 Å². The van der Waals surface area contributed by atoms with Crippen molar-refractivity contribution in [2.45, 2.75) is 39.2 Å². The molecule has 0 heterocycles. The Morgan fingerprint density at radius 2 is 1.88 bits per heavy atom. The topological polar surface area (TPSA) is 46.2 Å². The maximum atomic E-state index is 11.9. The largest absolute Gasteiger partial charge is 0.342 e. The third kappa shape index (κ3) is 4.39. The smallest absolute Gasteiger partial charge is 0.251 e. The molecule has 0 aliphatic heterocycles. The monoisotopic (exact) mass is 233 g/mol. The Morgan fingerprint density at radius 1 is 1.24 bits per heavy atom. The number of benzene rings is 1. The molecule has 0 spiro atoms. The zero-order valence-electron chi connectivity index (χ0n) is 10.4. The van der Waals surface area contributed by atoms with Gasteiger partial charge >= 0.3 is 0 Å². The minimum atomic E-state index is -0.359. The average molecular weight is 233 g/mol. The van der Waals surface area contributed by atoms with Crippen LogP contribution >= 0.6 is 0 Å². The molecule has 3 heteroatoms. The Kier molecular flexibility index (Phi) is 5.40. The predicted molar refractivity (Wildman–Crippen MR) is 67.9 cm³/mol. The zero-order valence-corrected chi connectivity index (χ0v) is 10.4. The van der Waals surface area contributed by atoms with Gasteiger partial charge in [0.2, 0.25) is 0 Å². The molecule has 1 atom stereocenters. The SMILES string of the molecule is CCCC[C@@H](NC(=O)c1ccccc1)C(C)=O. The van der Waals surface area contributed by atoms with Crippen molar-refractivity contribution in [1.29, 1.82) is 0 Å². The van der Waals surface area contributed by atoms with Crippen molar-refractivity contribution < 1.29 is 9.59 Å². The first-order chi connectivity index (χ1) is 8.15. The highest BCUT2D eigenvalue weighted by Gasteiger charge is 2.16. The second-order valence-corrected chi connectivity index (χ2v) is 4.14. The number of ketones is 1. The van der Waals surface area contributed by atoms with Crippen LogP contribution in [0.15, 0.2) is 30.3 Å². The fourth-order valence-corrected chi connectivity index (χ4v) is 1.62. The Hall–Kier alpha value is -1.64. The van der Waals surface area contributed by atoms with E-state index in [1.54, 1.807) is 12.1 Å². The molecule has 3 nitrogen and oxygen atoms in total. The molecule has 1 aromatic rings. The fraction of sp³-hybridized carbons (Fsp3) is 0.429. The van der Waals surface area contributed by atoms with Crippen LogP contribution in [-0.2, 0) is 4.79 Å². The summed E-state index contributed by atoms with van der Waals surface area (Å²) in [5.74, 6) is -0.162. The molecule has 0 radical (unpaired) electrons. The molecule has 1 aromatic carbocycles. The van der Waals surface area contributed by atoms with Crippen molar-refractivity contribution in [2.75, 3.05) is 0 Å². The molecule has 0 bridgehead atoms. The minimum Gasteiger partial charge on any atom is -0.342 e. The number of rotatable bonds is 6. The number of Topliss-reactive ketones (excluding diaryl/α,β-unsaturated/α-hetero) is 1. The predicted octanol–water partition coefficient (Wildman–Crippen LogP) is 2.56. The second kappa shape index (κ2) is 6.84. The maximum Gasteiger partial charge on any atom is 0.251 e. The van der Waals surface area contributed by atoms with Crippen LogP contribution in [0.4, 0.5) is 0 Å². The molecule has 1 amide bonds. The van der Waals surface area contributed by atoms with E-state index < -0.39 is 0 Å². The quantitative estimate of drug-likeness (QED) is 0.820. The van der Waals surface area contributed by atoms with E-state index in [9.17, 15) is 9.59 Å². The van der Waals surface area contributed by atoms with Gasteiger partial charge in [-0.3, -0.25) is 9.59 Å². The molecule has 0 aromatic heterocycles. The van der Waals surface area contributed by atoms with E-state index in [0.29, 0.717) is 12.0 Å². The molecule has 92 valence electrons. The Morgan fingerprint density at radius 3 is 2.41 bits per heavy atom. The average Bonchev–Trinajstić information content (AvgIpc) is 2.35. The summed E-state index contributed by atoms with van der Waals surface area (Å²) in [6.07, 6.45) is 2.68. The molecular formula is C14H19NO2. The van der Waals surface area contributed by atoms with Gasteiger partial charge in [0.05, 0.1) is 6.04 Å². The summed E-state index contributed by atoms with van der Waals surface area (Å²) in [5, 5.41) is 2.78. The lowest BCUT2D eigenvalue weighted by atomic mass is 10.1. The van der Waals surface area contributed by atoms with E-state index in [-0.39, 0.29) is 17.7 Å². The van der Waals surface area contributed by atoms with Gasteiger partial charge in [-0.25, -0.2) is 0 Å². The van der Waals surface area contributed by atoms with E-state index in [0.717, 1.165) is 12.8 Å². The summed E-state index contributed by atoms with van der Waals surface area (Å²) in [5.41, 5.74) is 0.593. The van der Waals surface area contributed by atoms with Gasteiger partial charge in [0, 0.05) is 5.56 Å². The van der Waals surface area contributed by atoms with Crippen LogP contribution in [0.25, 0.3) is 0 Å². The molecular weight excluding hydrogens is 214 g/mol. The van der Waals surface area contributed by atoms with Crippen LogP contribution in [0.1, 0.15) is 43.5 Å². The summed E-state index contributed by atoms with van der Waals surface area (Å²) < 4.78 is 0. The molecule has 17 heavy (non-hydrogen) atoms. The summed E-state index contributed by atoms with van der Waals surface area (Å²) in [7, 11) is 0. The Balaban J connectivity index is 2.61. The second-order valence-electron chi connectivity index (χ2n) is 4.14. The van der Waals surface area contributed by atoms with Crippen LogP contribution < -0.4 is 5.32 Å². The van der Waals surface area contributed by atoms with Crippen LogP contribution in [0, 0.1) is 0 Å². The van der Waals surface area contributed by atoms with E-state index in [4.69, 9.17) is 0 Å². The van der Waals surface area contributed by atoms with Crippen molar-refractivity contribution in [3.05, 3.63) is 35.9 Å². The third-order valence-corrected chi connectivity index (χ3v) is 2.68. The summed E-state index contributed by atoms with van der Waals surface area (Å²) in [6, 6.07) is 8.60. The first-order valence-corrected chi connectivity index (χ1v) is 6.01. The summed E-state index contributed by atoms with van der Waals surface area (Å²) >= 11 is 0. The molecule has 0 saturated carbocycles. The molecule has 0 unspecified atom stereocenters. The van der Waals surface area contributed by atoms with Gasteiger partial charge in [-0.15, -0.1) is 0 Å². The number of carbonyl (C=O) groups is 2. The Bertz CT molecular complexity index is 373. The number of carbonyl (C=O) groups excluding carboxylic acids is 2. The highest BCUT2D eigenvalue weighted by atomic mass is 16.2. The minimum absolute atomic E-state index is 0.0164. The lowest BCUT2D eigenvalue weighted by Gasteiger charge is -2.15. The van der Waals surface area contributed by atoms with E-state index in [2.05, 4.69) is 12.2 Å². The van der Waals surface area contributed by atoms with Crippen LogP contribution in [0.2, 0.25) is 0 Å². The highest BCUT2D eigenvalue weighted by molar-refractivity contribution is 5.97. The molecule has 0 fully saturated rings. The van der Waals surface area contributed by atoms with Crippen molar-refractivity contribution in [3.63, 3.8) is 0 Å². The van der Waals surface area contributed by atoms with Crippen molar-refractivity contribution in [1.82, 2.24) is 5.32 Å². The first kappa shape index (κ1) is 13.4. The maximum absolute atomic E-state index is 11.9. The van der Waals surface area contributed by atoms with Gasteiger partial charge in [0.15, 0.2) is 5.78 Å². The lowest BCUT2D eigenvalue weighted by Crippen LogP contribution is -2.39. The molecule has 0 aliphatic rings. The number of hydrogen-bond donors (Lipinski definition) is 1. The zero-order chi connectivity index (χ0) is 12.7. The van der Waals surface area contributed by atoms with Gasteiger partial charge in [0.1, 0.15) is 0 Å². The number of nitrogens with one attached hydrogen (secondary N) is 1. The van der Waals surface area contributed by atoms with Gasteiger partial charge < -0.3 is 5.32 Å². The fourth-order valence-electron chi connectivity index (χ4n) is 1.62. The third-order valence-electron chi connectivity index (χ3n) is 2.68. The molecule has 0 saturated heterocycles. The summed E-state index contributed by atoms with van der Waals surface area (Å²) in [6.45, 7) is 3.59. The molecule has 1 rings (SSSR count). The van der Waals surface area contributed by atoms with Gasteiger partial charge in [-0.1, -0.05) is 38.0 Å². The normalized spacial score (nSPS) is 11.9. The molecule has 1 N–H and O–H groups in total. The Labute approximate surface area is 102 Å². The molecule has 0 aliphatic carbocycles. The van der Waals surface area contributed by atoms with Crippen LogP contribution in [0.3, 0.4) is 0 Å². The van der Waals surface area contributed by atoms with Crippen LogP contribution in [-0.4, -0.2) is 17.7 Å². The van der Waals surface area contributed by atoms with Gasteiger partial charge in [-0.05, 0) is 25.5 Å². The number of amides is 1. The van der Waals surface area contributed by atoms with E-state index in [1.165, 1.54) is 6.92 Å². The van der Waals surface area contributed by atoms with Crippen LogP contribution in [0.5, 0.6) is 0 Å². The standard InChI is InChI=1S/C14H19NO2/c1-3-4-10-13(11(2)16)15-14(17)12-8-6-5-7-9-12/h5-9,13H,3-4,10H2,1-2H3,(H,15,17)/t13-/m1/s1. The van der Waals surface area contributed by atoms with Gasteiger partial charge in [-0.2, -0.15) is 0 Å². The summed E-state index contributed by atoms with van der Waals surface area (Å²) in [4.78, 5) is 23.3. The highest BCUT2D eigenvalue weighted by Crippen LogP contribution is 2.04. The first-order valence-electron chi connectivity index (χ1n) is 6.01.